The van der Waals surface area contributed by atoms with Crippen LogP contribution in [-0.2, 0) is 6.54 Å². The van der Waals surface area contributed by atoms with E-state index in [1.807, 2.05) is 34.1 Å². The third-order valence-corrected chi connectivity index (χ3v) is 5.45. The Labute approximate surface area is 163 Å². The van der Waals surface area contributed by atoms with Crippen LogP contribution in [0.2, 0.25) is 5.02 Å². The molecule has 0 atom stereocenters. The average molecular weight is 390 g/mol. The number of carbonyl (C=O) groups is 1. The fourth-order valence-corrected chi connectivity index (χ4v) is 3.74. The van der Waals surface area contributed by atoms with Crippen molar-refractivity contribution < 1.29 is 9.32 Å². The number of halogens is 1. The second-order valence-corrected chi connectivity index (χ2v) is 7.55. The highest BCUT2D eigenvalue weighted by Crippen LogP contribution is 2.19. The predicted molar refractivity (Wildman–Crippen MR) is 102 cm³/mol. The van der Waals surface area contributed by atoms with Gasteiger partial charge in [0.2, 0.25) is 11.7 Å². The summed E-state index contributed by atoms with van der Waals surface area (Å²) in [4.78, 5) is 23.3. The second-order valence-electron chi connectivity index (χ2n) is 7.11. The number of piperazine rings is 1. The van der Waals surface area contributed by atoms with Gasteiger partial charge in [0.15, 0.2) is 0 Å². The van der Waals surface area contributed by atoms with Crippen molar-refractivity contribution >= 4 is 17.6 Å². The molecule has 1 aromatic carbocycles. The quantitative estimate of drug-likeness (QED) is 0.806. The zero-order valence-electron chi connectivity index (χ0n) is 15.3. The smallest absolute Gasteiger partial charge is 0.320 e. The zero-order chi connectivity index (χ0) is 18.6. The molecule has 0 aliphatic carbocycles. The lowest BCUT2D eigenvalue weighted by Gasteiger charge is -2.38. The fraction of sp³-hybridized carbons (Fsp3) is 0.526. The molecule has 8 heteroatoms. The lowest BCUT2D eigenvalue weighted by Crippen LogP contribution is -2.53. The van der Waals surface area contributed by atoms with Gasteiger partial charge in [0, 0.05) is 49.9 Å². The van der Waals surface area contributed by atoms with Crippen LogP contribution in [0.3, 0.4) is 0 Å². The molecule has 2 saturated heterocycles. The molecule has 2 aromatic rings. The number of likely N-dealkylation sites (tertiary alicyclic amines) is 1. The molecule has 0 saturated carbocycles. The number of hydrogen-bond donors (Lipinski definition) is 0. The minimum Gasteiger partial charge on any atom is -0.338 e. The van der Waals surface area contributed by atoms with Crippen molar-refractivity contribution in [3.8, 4) is 11.4 Å². The third kappa shape index (κ3) is 4.42. The van der Waals surface area contributed by atoms with Gasteiger partial charge in [-0.2, -0.15) is 4.98 Å². The van der Waals surface area contributed by atoms with Gasteiger partial charge in [0.05, 0.1) is 6.54 Å². The van der Waals surface area contributed by atoms with Crippen LogP contribution in [0.25, 0.3) is 11.4 Å². The van der Waals surface area contributed by atoms with Crippen LogP contribution < -0.4 is 0 Å². The average Bonchev–Trinajstić information content (AvgIpc) is 3.18. The molecular formula is C19H24ClN5O2. The number of piperidine rings is 1. The SMILES string of the molecule is O=C(N1CCCCC1)N1CCN(Cc2nc(-c3ccc(Cl)cc3)no2)CC1. The maximum atomic E-state index is 12.6. The lowest BCUT2D eigenvalue weighted by molar-refractivity contribution is 0.0998. The van der Waals surface area contributed by atoms with Crippen LogP contribution in [0, 0.1) is 0 Å². The van der Waals surface area contributed by atoms with E-state index in [1.54, 1.807) is 0 Å². The maximum Gasteiger partial charge on any atom is 0.320 e. The number of nitrogens with zero attached hydrogens (tertiary/aromatic N) is 5. The second kappa shape index (κ2) is 8.27. The van der Waals surface area contributed by atoms with E-state index in [0.29, 0.717) is 23.3 Å². The van der Waals surface area contributed by atoms with E-state index < -0.39 is 0 Å². The standard InChI is InChI=1S/C19H24ClN5O2/c20-16-6-4-15(5-7-16)18-21-17(27-22-18)14-23-10-12-25(13-11-23)19(26)24-8-2-1-3-9-24/h4-7H,1-3,8-14H2. The summed E-state index contributed by atoms with van der Waals surface area (Å²) >= 11 is 5.91. The number of amides is 2. The Balaban J connectivity index is 1.29. The molecule has 2 aliphatic heterocycles. The Morgan fingerprint density at radius 1 is 0.963 bits per heavy atom. The summed E-state index contributed by atoms with van der Waals surface area (Å²) in [6.07, 6.45) is 3.48. The Morgan fingerprint density at radius 2 is 1.63 bits per heavy atom. The minimum absolute atomic E-state index is 0.192. The number of benzene rings is 1. The van der Waals surface area contributed by atoms with Crippen molar-refractivity contribution in [1.82, 2.24) is 24.8 Å². The molecule has 0 radical (unpaired) electrons. The van der Waals surface area contributed by atoms with E-state index in [-0.39, 0.29) is 6.03 Å². The van der Waals surface area contributed by atoms with Gasteiger partial charge in [0.1, 0.15) is 0 Å². The minimum atomic E-state index is 0.192. The molecule has 2 amide bonds. The van der Waals surface area contributed by atoms with E-state index in [9.17, 15) is 4.79 Å². The summed E-state index contributed by atoms with van der Waals surface area (Å²) in [5.41, 5.74) is 0.881. The third-order valence-electron chi connectivity index (χ3n) is 5.20. The monoisotopic (exact) mass is 389 g/mol. The van der Waals surface area contributed by atoms with Gasteiger partial charge in [-0.05, 0) is 43.5 Å². The van der Waals surface area contributed by atoms with Crippen molar-refractivity contribution in [3.63, 3.8) is 0 Å². The largest absolute Gasteiger partial charge is 0.338 e. The van der Waals surface area contributed by atoms with E-state index in [2.05, 4.69) is 15.0 Å². The summed E-state index contributed by atoms with van der Waals surface area (Å²) in [6, 6.07) is 7.57. The van der Waals surface area contributed by atoms with Gasteiger partial charge >= 0.3 is 6.03 Å². The highest BCUT2D eigenvalue weighted by Gasteiger charge is 2.26. The topological polar surface area (TPSA) is 65.7 Å². The summed E-state index contributed by atoms with van der Waals surface area (Å²) in [6.45, 7) is 5.52. The first-order valence-corrected chi connectivity index (χ1v) is 9.91. The maximum absolute atomic E-state index is 12.6. The Hall–Kier alpha value is -2.12. The first-order chi connectivity index (χ1) is 13.2. The molecule has 2 fully saturated rings. The first-order valence-electron chi connectivity index (χ1n) is 9.54. The molecule has 0 spiro atoms. The van der Waals surface area contributed by atoms with E-state index >= 15 is 0 Å². The van der Waals surface area contributed by atoms with Crippen LogP contribution in [0.5, 0.6) is 0 Å². The number of rotatable bonds is 3. The van der Waals surface area contributed by atoms with Crippen LogP contribution in [0.4, 0.5) is 4.79 Å². The highest BCUT2D eigenvalue weighted by molar-refractivity contribution is 6.30. The summed E-state index contributed by atoms with van der Waals surface area (Å²) in [5.74, 6) is 1.16. The van der Waals surface area contributed by atoms with Crippen molar-refractivity contribution in [1.29, 1.82) is 0 Å². The first kappa shape index (κ1) is 18.3. The van der Waals surface area contributed by atoms with Gasteiger partial charge < -0.3 is 14.3 Å². The van der Waals surface area contributed by atoms with Gasteiger partial charge in [0.25, 0.3) is 0 Å². The number of urea groups is 1. The van der Waals surface area contributed by atoms with E-state index in [4.69, 9.17) is 16.1 Å². The van der Waals surface area contributed by atoms with Crippen LogP contribution >= 0.6 is 11.6 Å². The highest BCUT2D eigenvalue weighted by atomic mass is 35.5. The van der Waals surface area contributed by atoms with Gasteiger partial charge in [-0.25, -0.2) is 4.79 Å². The molecule has 144 valence electrons. The Kier molecular flexibility index (Phi) is 5.59. The molecular weight excluding hydrogens is 366 g/mol. The van der Waals surface area contributed by atoms with Gasteiger partial charge in [-0.15, -0.1) is 0 Å². The molecule has 4 rings (SSSR count). The van der Waals surface area contributed by atoms with Crippen LogP contribution in [-0.4, -0.2) is 70.1 Å². The molecule has 0 unspecified atom stereocenters. The number of hydrogen-bond acceptors (Lipinski definition) is 5. The zero-order valence-corrected chi connectivity index (χ0v) is 16.1. The summed E-state index contributed by atoms with van der Waals surface area (Å²) in [5, 5.41) is 4.74. The molecule has 0 bridgehead atoms. The molecule has 0 N–H and O–H groups in total. The fourth-order valence-electron chi connectivity index (χ4n) is 3.61. The van der Waals surface area contributed by atoms with Gasteiger partial charge in [-0.1, -0.05) is 16.8 Å². The Bertz CT molecular complexity index is 765. The number of aromatic nitrogens is 2. The van der Waals surface area contributed by atoms with Crippen molar-refractivity contribution in [2.45, 2.75) is 25.8 Å². The van der Waals surface area contributed by atoms with Crippen molar-refractivity contribution in [2.75, 3.05) is 39.3 Å². The van der Waals surface area contributed by atoms with E-state index in [1.165, 1.54) is 6.42 Å². The van der Waals surface area contributed by atoms with Crippen molar-refractivity contribution in [3.05, 3.63) is 35.2 Å². The summed E-state index contributed by atoms with van der Waals surface area (Å²) in [7, 11) is 0. The number of carbonyl (C=O) groups excluding carboxylic acids is 1. The van der Waals surface area contributed by atoms with Crippen LogP contribution in [0.15, 0.2) is 28.8 Å². The molecule has 7 nitrogen and oxygen atoms in total. The van der Waals surface area contributed by atoms with E-state index in [0.717, 1.165) is 57.7 Å². The van der Waals surface area contributed by atoms with Crippen LogP contribution in [0.1, 0.15) is 25.2 Å². The lowest BCUT2D eigenvalue weighted by atomic mass is 10.1. The normalized spacial score (nSPS) is 18.7. The van der Waals surface area contributed by atoms with Crippen molar-refractivity contribution in [2.24, 2.45) is 0 Å². The molecule has 27 heavy (non-hydrogen) atoms. The predicted octanol–water partition coefficient (Wildman–Crippen LogP) is 3.11. The Morgan fingerprint density at radius 3 is 2.33 bits per heavy atom. The molecule has 1 aromatic heterocycles. The molecule has 3 heterocycles. The molecule has 2 aliphatic rings. The van der Waals surface area contributed by atoms with Gasteiger partial charge in [-0.3, -0.25) is 4.90 Å². The summed E-state index contributed by atoms with van der Waals surface area (Å²) < 4.78 is 5.40.